The van der Waals surface area contributed by atoms with Gasteiger partial charge in [-0.05, 0) is 49.1 Å². The predicted molar refractivity (Wildman–Crippen MR) is 81.2 cm³/mol. The van der Waals surface area contributed by atoms with Gasteiger partial charge in [-0.25, -0.2) is 0 Å². The summed E-state index contributed by atoms with van der Waals surface area (Å²) in [5.74, 6) is 1.02. The summed E-state index contributed by atoms with van der Waals surface area (Å²) >= 11 is 1.94. The summed E-state index contributed by atoms with van der Waals surface area (Å²) in [5, 5.41) is 0.539. The van der Waals surface area contributed by atoms with Crippen LogP contribution in [-0.4, -0.2) is 11.9 Å². The number of aryl methyl sites for hydroxylation is 1. The lowest BCUT2D eigenvalue weighted by molar-refractivity contribution is 0.315. The van der Waals surface area contributed by atoms with E-state index in [4.69, 9.17) is 4.74 Å². The Morgan fingerprint density at radius 1 is 1.11 bits per heavy atom. The molecular formula is C17H18OS. The van der Waals surface area contributed by atoms with E-state index >= 15 is 0 Å². The third-order valence-electron chi connectivity index (χ3n) is 3.69. The van der Waals surface area contributed by atoms with E-state index < -0.39 is 0 Å². The molecule has 1 aliphatic rings. The average Bonchev–Trinajstić information content (AvgIpc) is 2.83. The predicted octanol–water partition coefficient (Wildman–Crippen LogP) is 4.40. The Bertz CT molecular complexity index is 567. The number of fused-ring (bicyclic) bond motifs is 1. The van der Waals surface area contributed by atoms with Gasteiger partial charge in [-0.2, -0.15) is 0 Å². The summed E-state index contributed by atoms with van der Waals surface area (Å²) in [6, 6.07) is 14.9. The number of ether oxygens (including phenoxy) is 1. The Labute approximate surface area is 119 Å². The normalized spacial score (nSPS) is 17.3. The lowest BCUT2D eigenvalue weighted by atomic mass is 10.1. The second-order valence-electron chi connectivity index (χ2n) is 5.06. The first kappa shape index (κ1) is 12.6. The van der Waals surface area contributed by atoms with E-state index in [1.165, 1.54) is 21.6 Å². The zero-order valence-electron chi connectivity index (χ0n) is 11.3. The molecule has 1 unspecified atom stereocenters. The number of benzene rings is 2. The Balaban J connectivity index is 1.64. The van der Waals surface area contributed by atoms with Gasteiger partial charge < -0.3 is 4.74 Å². The van der Waals surface area contributed by atoms with Crippen molar-refractivity contribution in [3.63, 3.8) is 0 Å². The molecule has 0 fully saturated rings. The zero-order chi connectivity index (χ0) is 13.2. The first-order valence-corrected chi connectivity index (χ1v) is 7.55. The van der Waals surface area contributed by atoms with E-state index in [2.05, 4.69) is 56.3 Å². The molecule has 0 saturated carbocycles. The molecule has 1 nitrogen and oxygen atoms in total. The highest BCUT2D eigenvalue weighted by atomic mass is 32.2. The highest BCUT2D eigenvalue weighted by Gasteiger charge is 2.22. The van der Waals surface area contributed by atoms with E-state index in [9.17, 15) is 0 Å². The van der Waals surface area contributed by atoms with Crippen LogP contribution in [0.25, 0.3) is 0 Å². The van der Waals surface area contributed by atoms with Crippen molar-refractivity contribution in [3.05, 3.63) is 59.2 Å². The van der Waals surface area contributed by atoms with Crippen molar-refractivity contribution < 1.29 is 4.74 Å². The second kappa shape index (κ2) is 5.30. The first-order valence-electron chi connectivity index (χ1n) is 6.67. The van der Waals surface area contributed by atoms with Crippen LogP contribution >= 0.6 is 11.8 Å². The summed E-state index contributed by atoms with van der Waals surface area (Å²) in [5.41, 5.74) is 4.00. The van der Waals surface area contributed by atoms with Crippen molar-refractivity contribution in [2.24, 2.45) is 0 Å². The minimum atomic E-state index is 0.539. The van der Waals surface area contributed by atoms with Gasteiger partial charge in [0.25, 0.3) is 0 Å². The Kier molecular flexibility index (Phi) is 3.52. The molecule has 98 valence electrons. The molecule has 1 heterocycles. The zero-order valence-corrected chi connectivity index (χ0v) is 12.2. The van der Waals surface area contributed by atoms with Gasteiger partial charge in [-0.15, -0.1) is 11.8 Å². The molecule has 0 radical (unpaired) electrons. The molecule has 2 aromatic carbocycles. The van der Waals surface area contributed by atoms with E-state index in [0.717, 1.165) is 18.8 Å². The Morgan fingerprint density at radius 2 is 1.95 bits per heavy atom. The summed E-state index contributed by atoms with van der Waals surface area (Å²) < 4.78 is 6.01. The van der Waals surface area contributed by atoms with Crippen molar-refractivity contribution in [1.29, 1.82) is 0 Å². The molecule has 1 atom stereocenters. The van der Waals surface area contributed by atoms with Crippen LogP contribution in [-0.2, 0) is 6.42 Å². The topological polar surface area (TPSA) is 9.23 Å². The van der Waals surface area contributed by atoms with E-state index in [1.54, 1.807) is 0 Å². The highest BCUT2D eigenvalue weighted by molar-refractivity contribution is 8.00. The van der Waals surface area contributed by atoms with Gasteiger partial charge in [0, 0.05) is 10.1 Å². The quantitative estimate of drug-likeness (QED) is 0.817. The SMILES string of the molecule is Cc1cccc(OCC2Cc3ccccc3S2)c1C. The molecule has 0 spiro atoms. The van der Waals surface area contributed by atoms with Gasteiger partial charge in [-0.1, -0.05) is 30.3 Å². The molecule has 3 rings (SSSR count). The van der Waals surface area contributed by atoms with Gasteiger partial charge in [0.2, 0.25) is 0 Å². The van der Waals surface area contributed by atoms with Crippen molar-refractivity contribution >= 4 is 11.8 Å². The fourth-order valence-electron chi connectivity index (χ4n) is 2.41. The number of hydrogen-bond acceptors (Lipinski definition) is 2. The lowest BCUT2D eigenvalue weighted by Gasteiger charge is -2.14. The molecule has 0 N–H and O–H groups in total. The molecule has 2 heteroatoms. The fourth-order valence-corrected chi connectivity index (χ4v) is 3.63. The van der Waals surface area contributed by atoms with Gasteiger partial charge in [0.15, 0.2) is 0 Å². The molecule has 19 heavy (non-hydrogen) atoms. The minimum Gasteiger partial charge on any atom is -0.492 e. The molecule has 2 aromatic rings. The van der Waals surface area contributed by atoms with Crippen LogP contribution in [0.4, 0.5) is 0 Å². The van der Waals surface area contributed by atoms with Gasteiger partial charge in [-0.3, -0.25) is 0 Å². The standard InChI is InChI=1S/C17H18OS/c1-12-6-5-8-16(13(12)2)18-11-15-10-14-7-3-4-9-17(14)19-15/h3-9,15H,10-11H2,1-2H3. The Morgan fingerprint density at radius 3 is 2.79 bits per heavy atom. The first-order chi connectivity index (χ1) is 9.24. The van der Waals surface area contributed by atoms with E-state index in [0.29, 0.717) is 5.25 Å². The van der Waals surface area contributed by atoms with Crippen LogP contribution in [0.5, 0.6) is 5.75 Å². The van der Waals surface area contributed by atoms with Crippen molar-refractivity contribution in [3.8, 4) is 5.75 Å². The van der Waals surface area contributed by atoms with Crippen molar-refractivity contribution in [2.75, 3.05) is 6.61 Å². The second-order valence-corrected chi connectivity index (χ2v) is 6.40. The number of hydrogen-bond donors (Lipinski definition) is 0. The molecule has 0 amide bonds. The van der Waals surface area contributed by atoms with Crippen LogP contribution in [0.2, 0.25) is 0 Å². The lowest BCUT2D eigenvalue weighted by Crippen LogP contribution is -2.14. The average molecular weight is 270 g/mol. The summed E-state index contributed by atoms with van der Waals surface area (Å²) in [6.45, 7) is 5.03. The third-order valence-corrected chi connectivity index (χ3v) is 4.98. The highest BCUT2D eigenvalue weighted by Crippen LogP contribution is 2.37. The van der Waals surface area contributed by atoms with Gasteiger partial charge in [0.1, 0.15) is 12.4 Å². The van der Waals surface area contributed by atoms with E-state index in [-0.39, 0.29) is 0 Å². The van der Waals surface area contributed by atoms with Crippen LogP contribution in [0, 0.1) is 13.8 Å². The number of thioether (sulfide) groups is 1. The fraction of sp³-hybridized carbons (Fsp3) is 0.294. The maximum absolute atomic E-state index is 6.01. The number of rotatable bonds is 3. The van der Waals surface area contributed by atoms with Crippen LogP contribution in [0.15, 0.2) is 47.4 Å². The van der Waals surface area contributed by atoms with E-state index in [1.807, 2.05) is 11.8 Å². The molecular weight excluding hydrogens is 252 g/mol. The maximum Gasteiger partial charge on any atom is 0.122 e. The van der Waals surface area contributed by atoms with Crippen molar-refractivity contribution in [1.82, 2.24) is 0 Å². The molecule has 1 aliphatic heterocycles. The molecule has 0 bridgehead atoms. The molecule has 0 aliphatic carbocycles. The smallest absolute Gasteiger partial charge is 0.122 e. The monoisotopic (exact) mass is 270 g/mol. The van der Waals surface area contributed by atoms with Crippen LogP contribution in [0.1, 0.15) is 16.7 Å². The van der Waals surface area contributed by atoms with Crippen molar-refractivity contribution in [2.45, 2.75) is 30.4 Å². The largest absolute Gasteiger partial charge is 0.492 e. The third kappa shape index (κ3) is 2.64. The van der Waals surface area contributed by atoms with Crippen LogP contribution in [0.3, 0.4) is 0 Å². The Hall–Kier alpha value is -1.41. The summed E-state index contributed by atoms with van der Waals surface area (Å²) in [6.07, 6.45) is 1.12. The summed E-state index contributed by atoms with van der Waals surface area (Å²) in [7, 11) is 0. The molecule has 0 saturated heterocycles. The van der Waals surface area contributed by atoms with Gasteiger partial charge in [0.05, 0.1) is 0 Å². The maximum atomic E-state index is 6.01. The van der Waals surface area contributed by atoms with Crippen LogP contribution < -0.4 is 4.74 Å². The minimum absolute atomic E-state index is 0.539. The van der Waals surface area contributed by atoms with Gasteiger partial charge >= 0.3 is 0 Å². The summed E-state index contributed by atoms with van der Waals surface area (Å²) in [4.78, 5) is 1.41. The molecule has 0 aromatic heterocycles.